The van der Waals surface area contributed by atoms with Crippen LogP contribution in [0.2, 0.25) is 0 Å². The molecule has 0 saturated heterocycles. The summed E-state index contributed by atoms with van der Waals surface area (Å²) in [5.74, 6) is 6.53. The van der Waals surface area contributed by atoms with Gasteiger partial charge in [0.2, 0.25) is 0 Å². The molecule has 0 unspecified atom stereocenters. The molecule has 0 saturated carbocycles. The lowest BCUT2D eigenvalue weighted by Gasteiger charge is -2.10. The lowest BCUT2D eigenvalue weighted by Crippen LogP contribution is -2.08. The Kier molecular flexibility index (Phi) is 2.86. The van der Waals surface area contributed by atoms with Crippen molar-refractivity contribution in [3.63, 3.8) is 0 Å². The number of fused-ring (bicyclic) bond motifs is 9. The molecule has 3 aromatic heterocycles. The Bertz CT molecular complexity index is 1480. The Labute approximate surface area is 156 Å². The van der Waals surface area contributed by atoms with Crippen molar-refractivity contribution in [2.45, 2.75) is 0 Å². The number of nitrogen functional groups attached to an aromatic ring is 1. The van der Waals surface area contributed by atoms with E-state index in [-0.39, 0.29) is 0 Å². The Hall–Kier alpha value is -2.73. The largest absolute Gasteiger partial charge is 0.307 e. The second-order valence-corrected chi connectivity index (χ2v) is 8.57. The Morgan fingerprint density at radius 2 is 1.69 bits per heavy atom. The van der Waals surface area contributed by atoms with Gasteiger partial charge in [-0.25, -0.2) is 10.8 Å². The number of nitrogens with zero attached hydrogens (tertiary/aromatic N) is 1. The summed E-state index contributed by atoms with van der Waals surface area (Å²) in [4.78, 5) is 4.81. The summed E-state index contributed by atoms with van der Waals surface area (Å²) in [5, 5.41) is 11.0. The first-order chi connectivity index (χ1) is 12.8. The van der Waals surface area contributed by atoms with Gasteiger partial charge in [-0.3, -0.25) is 0 Å². The third-order valence-electron chi connectivity index (χ3n) is 5.06. The molecule has 0 fully saturated rings. The molecule has 0 aliphatic heterocycles. The molecule has 3 N–H and O–H groups in total. The van der Waals surface area contributed by atoms with Crippen LogP contribution in [0, 0.1) is 0 Å². The van der Waals surface area contributed by atoms with Gasteiger partial charge in [0, 0.05) is 16.2 Å². The van der Waals surface area contributed by atoms with E-state index < -0.39 is 0 Å². The molecule has 5 heteroatoms. The molecule has 0 radical (unpaired) electrons. The minimum Gasteiger partial charge on any atom is -0.307 e. The number of hydrogen-bond donors (Lipinski definition) is 2. The predicted molar refractivity (Wildman–Crippen MR) is 115 cm³/mol. The summed E-state index contributed by atoms with van der Waals surface area (Å²) in [6.07, 6.45) is 0. The van der Waals surface area contributed by atoms with Gasteiger partial charge in [-0.05, 0) is 39.1 Å². The van der Waals surface area contributed by atoms with Gasteiger partial charge in [0.05, 0.1) is 14.2 Å². The average molecular weight is 371 g/mol. The molecule has 0 spiro atoms. The molecule has 3 heterocycles. The minimum atomic E-state index is 0.751. The number of aromatic nitrogens is 1. The first-order valence-corrected chi connectivity index (χ1v) is 10.1. The van der Waals surface area contributed by atoms with Gasteiger partial charge in [0.1, 0.15) is 0 Å². The highest BCUT2D eigenvalue weighted by Crippen LogP contribution is 2.45. The fourth-order valence-corrected chi connectivity index (χ4v) is 6.16. The highest BCUT2D eigenvalue weighted by molar-refractivity contribution is 7.41. The highest BCUT2D eigenvalue weighted by atomic mass is 32.2. The van der Waals surface area contributed by atoms with Crippen LogP contribution in [-0.2, 0) is 0 Å². The van der Waals surface area contributed by atoms with Crippen LogP contribution in [0.1, 0.15) is 0 Å². The van der Waals surface area contributed by atoms with Crippen molar-refractivity contribution in [2.24, 2.45) is 5.84 Å². The van der Waals surface area contributed by atoms with Gasteiger partial charge >= 0.3 is 0 Å². The van der Waals surface area contributed by atoms with E-state index in [1.54, 1.807) is 22.7 Å². The molecule has 26 heavy (non-hydrogen) atoms. The van der Waals surface area contributed by atoms with Crippen LogP contribution < -0.4 is 11.3 Å². The maximum Gasteiger partial charge on any atom is 0.158 e. The normalized spacial score (nSPS) is 12.0. The molecule has 6 aromatic rings. The van der Waals surface area contributed by atoms with Crippen LogP contribution in [0.4, 0.5) is 5.82 Å². The van der Waals surface area contributed by atoms with E-state index in [9.17, 15) is 0 Å². The first-order valence-electron chi connectivity index (χ1n) is 8.35. The number of nitrogens with two attached hydrogens (primary N) is 1. The Morgan fingerprint density at radius 3 is 2.62 bits per heavy atom. The predicted octanol–water partition coefficient (Wildman–Crippen LogP) is 6.26. The van der Waals surface area contributed by atoms with Crippen LogP contribution in [0.15, 0.2) is 60.0 Å². The molecule has 124 valence electrons. The molecule has 0 atom stereocenters. The summed E-state index contributed by atoms with van der Waals surface area (Å²) in [6.45, 7) is 0. The summed E-state index contributed by atoms with van der Waals surface area (Å²) in [7, 11) is 0. The zero-order chi connectivity index (χ0) is 17.3. The Morgan fingerprint density at radius 1 is 0.808 bits per heavy atom. The highest BCUT2D eigenvalue weighted by Gasteiger charge is 2.17. The minimum absolute atomic E-state index is 0.751. The van der Waals surface area contributed by atoms with E-state index in [1.165, 1.54) is 41.7 Å². The van der Waals surface area contributed by atoms with Crippen LogP contribution in [-0.4, -0.2) is 4.98 Å². The van der Waals surface area contributed by atoms with E-state index in [0.717, 1.165) is 16.0 Å². The molecular formula is C21H13N3S2. The van der Waals surface area contributed by atoms with E-state index in [0.29, 0.717) is 0 Å². The van der Waals surface area contributed by atoms with Gasteiger partial charge < -0.3 is 5.43 Å². The smallest absolute Gasteiger partial charge is 0.158 e. The molecular weight excluding hydrogens is 358 g/mol. The Balaban J connectivity index is 1.95. The second-order valence-electron chi connectivity index (χ2n) is 6.37. The lowest BCUT2D eigenvalue weighted by atomic mass is 9.97. The zero-order valence-corrected chi connectivity index (χ0v) is 15.2. The molecule has 0 amide bonds. The molecule has 0 bridgehead atoms. The third-order valence-corrected chi connectivity index (χ3v) is 7.31. The van der Waals surface area contributed by atoms with Crippen molar-refractivity contribution in [2.75, 3.05) is 5.43 Å². The monoisotopic (exact) mass is 371 g/mol. The van der Waals surface area contributed by atoms with Gasteiger partial charge in [-0.15, -0.1) is 22.7 Å². The number of nitrogens with one attached hydrogen (secondary N) is 1. The SMILES string of the molecule is NNc1nc2ccc3c4ccccc4ccc3c2c2c1sc1sccc12. The van der Waals surface area contributed by atoms with Crippen molar-refractivity contribution in [1.29, 1.82) is 0 Å². The molecule has 0 aliphatic rings. The first kappa shape index (κ1) is 14.4. The third kappa shape index (κ3) is 1.77. The number of benzene rings is 3. The van der Waals surface area contributed by atoms with Gasteiger partial charge in [-0.1, -0.05) is 42.5 Å². The number of hydrazine groups is 1. The molecule has 0 aliphatic carbocycles. The van der Waals surface area contributed by atoms with Crippen molar-refractivity contribution in [3.05, 3.63) is 60.0 Å². The number of thiophene rings is 2. The topological polar surface area (TPSA) is 50.9 Å². The van der Waals surface area contributed by atoms with Crippen molar-refractivity contribution in [1.82, 2.24) is 4.98 Å². The quantitative estimate of drug-likeness (QED) is 0.204. The molecule has 3 aromatic carbocycles. The average Bonchev–Trinajstić information content (AvgIpc) is 3.28. The number of rotatable bonds is 1. The van der Waals surface area contributed by atoms with Gasteiger partial charge in [-0.2, -0.15) is 0 Å². The number of hydrogen-bond acceptors (Lipinski definition) is 5. The van der Waals surface area contributed by atoms with Gasteiger partial charge in [0.15, 0.2) is 5.82 Å². The fraction of sp³-hybridized carbons (Fsp3) is 0. The van der Waals surface area contributed by atoms with E-state index in [1.807, 2.05) is 0 Å². The van der Waals surface area contributed by atoms with Crippen molar-refractivity contribution >= 4 is 80.4 Å². The number of anilines is 1. The van der Waals surface area contributed by atoms with Crippen molar-refractivity contribution in [3.8, 4) is 0 Å². The van der Waals surface area contributed by atoms with Crippen LogP contribution >= 0.6 is 22.7 Å². The maximum absolute atomic E-state index is 5.78. The summed E-state index contributed by atoms with van der Waals surface area (Å²) >= 11 is 3.53. The number of pyridine rings is 1. The van der Waals surface area contributed by atoms with Crippen LogP contribution in [0.5, 0.6) is 0 Å². The summed E-state index contributed by atoms with van der Waals surface area (Å²) in [6, 6.07) is 19.5. The fourth-order valence-electron chi connectivity index (χ4n) is 3.94. The lowest BCUT2D eigenvalue weighted by molar-refractivity contribution is 1.29. The van der Waals surface area contributed by atoms with E-state index >= 15 is 0 Å². The maximum atomic E-state index is 5.78. The van der Waals surface area contributed by atoms with Crippen LogP contribution in [0.25, 0.3) is 51.9 Å². The zero-order valence-electron chi connectivity index (χ0n) is 13.6. The van der Waals surface area contributed by atoms with Crippen LogP contribution in [0.3, 0.4) is 0 Å². The summed E-state index contributed by atoms with van der Waals surface area (Å²) < 4.78 is 2.44. The van der Waals surface area contributed by atoms with Gasteiger partial charge in [0.25, 0.3) is 0 Å². The second kappa shape index (κ2) is 5.14. The van der Waals surface area contributed by atoms with E-state index in [4.69, 9.17) is 10.8 Å². The summed E-state index contributed by atoms with van der Waals surface area (Å²) in [5.41, 5.74) is 3.77. The van der Waals surface area contributed by atoms with E-state index in [2.05, 4.69) is 65.4 Å². The molecule has 3 nitrogen and oxygen atoms in total. The molecule has 6 rings (SSSR count). The standard InChI is InChI=1S/C21H13N3S2/c22-24-20-19-18(15-9-10-25-21(15)26-19)17-14-6-5-11-3-1-2-4-12(11)13(14)7-8-16(17)23-20/h1-10H,22H2,(H,23,24). The van der Waals surface area contributed by atoms with Crippen molar-refractivity contribution < 1.29 is 0 Å².